The topological polar surface area (TPSA) is 41.1 Å². The van der Waals surface area contributed by atoms with Crippen LogP contribution in [0, 0.1) is 6.92 Å². The maximum atomic E-state index is 11.6. The minimum atomic E-state index is -0.0558. The average Bonchev–Trinajstić information content (AvgIpc) is 2.53. The lowest BCUT2D eigenvalue weighted by Gasteiger charge is -2.20. The number of hydrogen-bond donors (Lipinski definition) is 2. The second-order valence-electron chi connectivity index (χ2n) is 5.12. The third-order valence-electron chi connectivity index (χ3n) is 3.66. The van der Waals surface area contributed by atoms with Gasteiger partial charge in [0.2, 0.25) is 0 Å². The Bertz CT molecular complexity index is 608. The van der Waals surface area contributed by atoms with E-state index in [9.17, 15) is 4.79 Å². The van der Waals surface area contributed by atoms with Crippen molar-refractivity contribution < 1.29 is 4.79 Å². The molecule has 0 bridgehead atoms. The quantitative estimate of drug-likeness (QED) is 0.872. The lowest BCUT2D eigenvalue weighted by Crippen LogP contribution is -2.18. The largest absolute Gasteiger partial charge is 0.378 e. The van der Waals surface area contributed by atoms with E-state index in [-0.39, 0.29) is 11.9 Å². The highest BCUT2D eigenvalue weighted by atomic mass is 16.1. The van der Waals surface area contributed by atoms with Crippen molar-refractivity contribution in [2.24, 2.45) is 0 Å². The molecule has 0 spiro atoms. The molecule has 3 heteroatoms. The first-order valence-corrected chi connectivity index (χ1v) is 7.30. The molecule has 0 heterocycles. The molecule has 3 nitrogen and oxygen atoms in total. The Morgan fingerprint density at radius 2 is 1.86 bits per heavy atom. The molecule has 0 aliphatic rings. The molecule has 0 saturated heterocycles. The minimum Gasteiger partial charge on any atom is -0.378 e. The van der Waals surface area contributed by atoms with Crippen LogP contribution >= 0.6 is 0 Å². The monoisotopic (exact) mass is 282 g/mol. The first-order valence-electron chi connectivity index (χ1n) is 7.30. The highest BCUT2D eigenvalue weighted by molar-refractivity contribution is 5.94. The number of carbonyl (C=O) groups is 1. The molecule has 2 rings (SSSR count). The highest BCUT2D eigenvalue weighted by Gasteiger charge is 2.11. The van der Waals surface area contributed by atoms with E-state index in [0.29, 0.717) is 5.56 Å². The first kappa shape index (κ1) is 15.1. The number of benzene rings is 2. The third kappa shape index (κ3) is 3.63. The van der Waals surface area contributed by atoms with Crippen molar-refractivity contribution in [3.63, 3.8) is 0 Å². The molecule has 0 aromatic heterocycles. The Balaban J connectivity index is 2.20. The van der Waals surface area contributed by atoms with Crippen LogP contribution in [0.5, 0.6) is 0 Å². The molecule has 1 atom stereocenters. The fourth-order valence-corrected chi connectivity index (χ4v) is 2.41. The molecule has 2 aromatic rings. The van der Waals surface area contributed by atoms with Gasteiger partial charge in [0, 0.05) is 18.3 Å². The van der Waals surface area contributed by atoms with Crippen LogP contribution in [0.25, 0.3) is 0 Å². The molecule has 2 aromatic carbocycles. The van der Waals surface area contributed by atoms with Gasteiger partial charge in [-0.2, -0.15) is 0 Å². The van der Waals surface area contributed by atoms with Crippen LogP contribution in [0.4, 0.5) is 5.69 Å². The second-order valence-corrected chi connectivity index (χ2v) is 5.12. The molecule has 0 saturated carbocycles. The van der Waals surface area contributed by atoms with Crippen LogP contribution < -0.4 is 10.6 Å². The van der Waals surface area contributed by atoms with Crippen molar-refractivity contribution in [3.8, 4) is 0 Å². The zero-order valence-corrected chi connectivity index (χ0v) is 12.8. The molecular formula is C18H22N2O. The van der Waals surface area contributed by atoms with Gasteiger partial charge in [-0.15, -0.1) is 0 Å². The van der Waals surface area contributed by atoms with Crippen molar-refractivity contribution in [3.05, 3.63) is 65.2 Å². The predicted octanol–water partition coefficient (Wildman–Crippen LogP) is 3.92. The number of hydrogen-bond acceptors (Lipinski definition) is 2. The lowest BCUT2D eigenvalue weighted by atomic mass is 10.0. The van der Waals surface area contributed by atoms with E-state index in [4.69, 9.17) is 0 Å². The van der Waals surface area contributed by atoms with Gasteiger partial charge < -0.3 is 10.6 Å². The lowest BCUT2D eigenvalue weighted by molar-refractivity contribution is 0.0963. The zero-order chi connectivity index (χ0) is 15.2. The first-order chi connectivity index (χ1) is 10.2. The van der Waals surface area contributed by atoms with Crippen molar-refractivity contribution in [1.82, 2.24) is 5.32 Å². The van der Waals surface area contributed by atoms with Crippen LogP contribution in [0.3, 0.4) is 0 Å². The Morgan fingerprint density at radius 3 is 2.43 bits per heavy atom. The molecule has 0 aliphatic carbocycles. The second kappa shape index (κ2) is 6.93. The van der Waals surface area contributed by atoms with Gasteiger partial charge in [0.05, 0.1) is 6.04 Å². The molecular weight excluding hydrogens is 260 g/mol. The molecule has 110 valence electrons. The average molecular weight is 282 g/mol. The predicted molar refractivity (Wildman–Crippen MR) is 87.7 cm³/mol. The number of carbonyl (C=O) groups excluding carboxylic acids is 1. The molecule has 21 heavy (non-hydrogen) atoms. The SMILES string of the molecule is CCC(Nc1ccc(C(=O)NC)cc1C)c1ccccc1. The van der Waals surface area contributed by atoms with E-state index in [1.165, 1.54) is 5.56 Å². The van der Waals surface area contributed by atoms with Gasteiger partial charge in [0.1, 0.15) is 0 Å². The van der Waals surface area contributed by atoms with E-state index in [1.54, 1.807) is 7.05 Å². The normalized spacial score (nSPS) is 11.8. The molecule has 0 aliphatic heterocycles. The van der Waals surface area contributed by atoms with Crippen LogP contribution in [0.1, 0.15) is 40.9 Å². The van der Waals surface area contributed by atoms with Crippen molar-refractivity contribution in [2.75, 3.05) is 12.4 Å². The molecule has 1 amide bonds. The fourth-order valence-electron chi connectivity index (χ4n) is 2.41. The van der Waals surface area contributed by atoms with E-state index in [2.05, 4.69) is 41.8 Å². The van der Waals surface area contributed by atoms with E-state index in [1.807, 2.05) is 31.2 Å². The van der Waals surface area contributed by atoms with Gasteiger partial charge >= 0.3 is 0 Å². The van der Waals surface area contributed by atoms with Crippen LogP contribution in [0.15, 0.2) is 48.5 Å². The minimum absolute atomic E-state index is 0.0558. The van der Waals surface area contributed by atoms with Gasteiger partial charge in [0.15, 0.2) is 0 Å². The molecule has 1 unspecified atom stereocenters. The zero-order valence-electron chi connectivity index (χ0n) is 12.8. The smallest absolute Gasteiger partial charge is 0.251 e. The van der Waals surface area contributed by atoms with E-state index < -0.39 is 0 Å². The van der Waals surface area contributed by atoms with Crippen LogP contribution in [-0.2, 0) is 0 Å². The van der Waals surface area contributed by atoms with Gasteiger partial charge in [0.25, 0.3) is 5.91 Å². The Hall–Kier alpha value is -2.29. The van der Waals surface area contributed by atoms with Gasteiger partial charge in [-0.1, -0.05) is 37.3 Å². The summed E-state index contributed by atoms with van der Waals surface area (Å²) in [6.07, 6.45) is 1.00. The number of rotatable bonds is 5. The summed E-state index contributed by atoms with van der Waals surface area (Å²) >= 11 is 0. The van der Waals surface area contributed by atoms with Crippen molar-refractivity contribution in [1.29, 1.82) is 0 Å². The summed E-state index contributed by atoms with van der Waals surface area (Å²) in [6, 6.07) is 16.4. The number of anilines is 1. The number of nitrogens with one attached hydrogen (secondary N) is 2. The Kier molecular flexibility index (Phi) is 4.99. The highest BCUT2D eigenvalue weighted by Crippen LogP contribution is 2.25. The van der Waals surface area contributed by atoms with Gasteiger partial charge in [-0.25, -0.2) is 0 Å². The Labute approximate surface area is 126 Å². The standard InChI is InChI=1S/C18H22N2O/c1-4-16(14-8-6-5-7-9-14)20-17-11-10-15(12-13(17)2)18(21)19-3/h5-12,16,20H,4H2,1-3H3,(H,19,21). The molecule has 2 N–H and O–H groups in total. The number of amides is 1. The summed E-state index contributed by atoms with van der Waals surface area (Å²) in [4.78, 5) is 11.6. The molecule has 0 radical (unpaired) electrons. The maximum absolute atomic E-state index is 11.6. The van der Waals surface area contributed by atoms with E-state index >= 15 is 0 Å². The Morgan fingerprint density at radius 1 is 1.14 bits per heavy atom. The van der Waals surface area contributed by atoms with Crippen LogP contribution in [0.2, 0.25) is 0 Å². The summed E-state index contributed by atoms with van der Waals surface area (Å²) < 4.78 is 0. The summed E-state index contributed by atoms with van der Waals surface area (Å²) in [5, 5.41) is 6.21. The van der Waals surface area contributed by atoms with Crippen LogP contribution in [-0.4, -0.2) is 13.0 Å². The summed E-state index contributed by atoms with van der Waals surface area (Å²) in [5.74, 6) is -0.0558. The fraction of sp³-hybridized carbons (Fsp3) is 0.278. The summed E-state index contributed by atoms with van der Waals surface area (Å²) in [5.41, 5.74) is 4.10. The maximum Gasteiger partial charge on any atom is 0.251 e. The van der Waals surface area contributed by atoms with Crippen molar-refractivity contribution in [2.45, 2.75) is 26.3 Å². The summed E-state index contributed by atoms with van der Waals surface area (Å²) in [6.45, 7) is 4.19. The molecule has 0 fully saturated rings. The van der Waals surface area contributed by atoms with E-state index in [0.717, 1.165) is 17.7 Å². The van der Waals surface area contributed by atoms with Crippen molar-refractivity contribution >= 4 is 11.6 Å². The third-order valence-corrected chi connectivity index (χ3v) is 3.66. The summed E-state index contributed by atoms with van der Waals surface area (Å²) in [7, 11) is 1.65. The van der Waals surface area contributed by atoms with Gasteiger partial charge in [-0.05, 0) is 42.7 Å². The van der Waals surface area contributed by atoms with Gasteiger partial charge in [-0.3, -0.25) is 4.79 Å². The number of aryl methyl sites for hydroxylation is 1.